The molecule has 3 N–H and O–H groups in total. The van der Waals surface area contributed by atoms with Crippen LogP contribution in [0.1, 0.15) is 28.8 Å². The van der Waals surface area contributed by atoms with Gasteiger partial charge in [-0.3, -0.25) is 9.59 Å². The summed E-state index contributed by atoms with van der Waals surface area (Å²) in [5.41, 5.74) is 2.31. The Hall–Kier alpha value is -3.81. The number of rotatable bonds is 6. The van der Waals surface area contributed by atoms with E-state index in [-0.39, 0.29) is 23.3 Å². The molecule has 0 bridgehead atoms. The third-order valence-corrected chi connectivity index (χ3v) is 3.92. The van der Waals surface area contributed by atoms with Crippen LogP contribution < -0.4 is 16.0 Å². The smallest absolute Gasteiger partial charge is 0.274 e. The second kappa shape index (κ2) is 8.92. The summed E-state index contributed by atoms with van der Waals surface area (Å²) in [6.07, 6.45) is 0. The van der Waals surface area contributed by atoms with Crippen LogP contribution in [0.15, 0.2) is 54.6 Å². The number of carbonyl (C=O) groups excluding carboxylic acids is 2. The lowest BCUT2D eigenvalue weighted by Gasteiger charge is -2.10. The molecule has 29 heavy (non-hydrogen) atoms. The van der Waals surface area contributed by atoms with Crippen LogP contribution in [-0.4, -0.2) is 21.8 Å². The van der Waals surface area contributed by atoms with Crippen molar-refractivity contribution < 1.29 is 14.0 Å². The van der Waals surface area contributed by atoms with Gasteiger partial charge in [0.25, 0.3) is 5.91 Å². The normalized spacial score (nSPS) is 10.3. The Morgan fingerprint density at radius 3 is 2.17 bits per heavy atom. The molecule has 0 aliphatic carbocycles. The molecule has 1 aromatic heterocycles. The Labute approximate surface area is 167 Å². The second-order valence-corrected chi connectivity index (χ2v) is 6.38. The summed E-state index contributed by atoms with van der Waals surface area (Å²) in [6, 6.07) is 14.4. The molecule has 8 heteroatoms. The average Bonchev–Trinajstić information content (AvgIpc) is 2.68. The lowest BCUT2D eigenvalue weighted by molar-refractivity contribution is -0.114. The van der Waals surface area contributed by atoms with E-state index in [2.05, 4.69) is 25.9 Å². The molecule has 3 rings (SSSR count). The molecule has 0 aliphatic heterocycles. The maximum atomic E-state index is 13.0. The maximum Gasteiger partial charge on any atom is 0.274 e. The molecule has 0 saturated heterocycles. The topological polar surface area (TPSA) is 96.0 Å². The SMILES string of the molecule is CC(=O)Nc1ccc(NC(=O)c2cc(NCc3ccc(F)cc3)nc(C)n2)cc1. The van der Waals surface area contributed by atoms with E-state index in [9.17, 15) is 14.0 Å². The van der Waals surface area contributed by atoms with Gasteiger partial charge in [-0.1, -0.05) is 12.1 Å². The molecule has 7 nitrogen and oxygen atoms in total. The molecule has 2 amide bonds. The summed E-state index contributed by atoms with van der Waals surface area (Å²) in [6.45, 7) is 3.55. The van der Waals surface area contributed by atoms with Crippen LogP contribution >= 0.6 is 0 Å². The lowest BCUT2D eigenvalue weighted by Crippen LogP contribution is -2.16. The largest absolute Gasteiger partial charge is 0.366 e. The van der Waals surface area contributed by atoms with Crippen LogP contribution in [0.2, 0.25) is 0 Å². The van der Waals surface area contributed by atoms with Gasteiger partial charge in [0.2, 0.25) is 5.91 Å². The highest BCUT2D eigenvalue weighted by Gasteiger charge is 2.11. The van der Waals surface area contributed by atoms with Crippen molar-refractivity contribution in [3.8, 4) is 0 Å². The number of nitrogens with zero attached hydrogens (tertiary/aromatic N) is 2. The van der Waals surface area contributed by atoms with E-state index >= 15 is 0 Å². The zero-order chi connectivity index (χ0) is 20.8. The maximum absolute atomic E-state index is 13.0. The van der Waals surface area contributed by atoms with Gasteiger partial charge in [0.1, 0.15) is 23.2 Å². The Kier molecular flexibility index (Phi) is 6.13. The molecule has 0 atom stereocenters. The van der Waals surface area contributed by atoms with Gasteiger partial charge in [0.15, 0.2) is 0 Å². The van der Waals surface area contributed by atoms with Crippen LogP contribution in [0.4, 0.5) is 21.6 Å². The lowest BCUT2D eigenvalue weighted by atomic mass is 10.2. The molecule has 0 spiro atoms. The Morgan fingerprint density at radius 1 is 0.931 bits per heavy atom. The molecule has 0 saturated carbocycles. The minimum atomic E-state index is -0.382. The molecular weight excluding hydrogens is 373 g/mol. The fraction of sp³-hybridized carbons (Fsp3) is 0.143. The highest BCUT2D eigenvalue weighted by Crippen LogP contribution is 2.16. The Bertz CT molecular complexity index is 1020. The zero-order valence-electron chi connectivity index (χ0n) is 16.0. The first kappa shape index (κ1) is 19.9. The fourth-order valence-corrected chi connectivity index (χ4v) is 2.60. The van der Waals surface area contributed by atoms with Crippen molar-refractivity contribution in [1.29, 1.82) is 0 Å². The van der Waals surface area contributed by atoms with Crippen molar-refractivity contribution in [3.63, 3.8) is 0 Å². The molecule has 3 aromatic rings. The minimum Gasteiger partial charge on any atom is -0.366 e. The van der Waals surface area contributed by atoms with Crippen LogP contribution in [0, 0.1) is 12.7 Å². The monoisotopic (exact) mass is 393 g/mol. The number of halogens is 1. The number of benzene rings is 2. The van der Waals surface area contributed by atoms with Crippen LogP contribution in [0.25, 0.3) is 0 Å². The molecule has 148 valence electrons. The Morgan fingerprint density at radius 2 is 1.55 bits per heavy atom. The second-order valence-electron chi connectivity index (χ2n) is 6.38. The fourth-order valence-electron chi connectivity index (χ4n) is 2.60. The van der Waals surface area contributed by atoms with E-state index in [1.165, 1.54) is 19.1 Å². The van der Waals surface area contributed by atoms with Crippen molar-refractivity contribution in [3.05, 3.63) is 77.5 Å². The highest BCUT2D eigenvalue weighted by atomic mass is 19.1. The first-order valence-corrected chi connectivity index (χ1v) is 8.92. The van der Waals surface area contributed by atoms with Gasteiger partial charge in [0.05, 0.1) is 0 Å². The number of carbonyl (C=O) groups is 2. The predicted octanol–water partition coefficient (Wildman–Crippen LogP) is 3.75. The van der Waals surface area contributed by atoms with Gasteiger partial charge in [-0.25, -0.2) is 14.4 Å². The summed E-state index contributed by atoms with van der Waals surface area (Å²) in [4.78, 5) is 32.1. The predicted molar refractivity (Wildman–Crippen MR) is 109 cm³/mol. The van der Waals surface area contributed by atoms with Gasteiger partial charge < -0.3 is 16.0 Å². The number of anilines is 3. The van der Waals surface area contributed by atoms with Crippen LogP contribution in [-0.2, 0) is 11.3 Å². The third kappa shape index (κ3) is 5.83. The molecule has 2 aromatic carbocycles. The van der Waals surface area contributed by atoms with Gasteiger partial charge in [-0.15, -0.1) is 0 Å². The number of hydrogen-bond donors (Lipinski definition) is 3. The molecule has 0 fully saturated rings. The van der Waals surface area contributed by atoms with E-state index < -0.39 is 0 Å². The molecular formula is C21H20FN5O2. The van der Waals surface area contributed by atoms with Crippen molar-refractivity contribution in [1.82, 2.24) is 9.97 Å². The number of hydrogen-bond acceptors (Lipinski definition) is 5. The summed E-state index contributed by atoms with van der Waals surface area (Å²) in [7, 11) is 0. The first-order chi connectivity index (χ1) is 13.9. The van der Waals surface area contributed by atoms with Gasteiger partial charge in [-0.2, -0.15) is 0 Å². The number of aromatic nitrogens is 2. The van der Waals surface area contributed by atoms with E-state index in [1.54, 1.807) is 49.4 Å². The van der Waals surface area contributed by atoms with Gasteiger partial charge >= 0.3 is 0 Å². The standard InChI is InChI=1S/C21H20FN5O2/c1-13-24-19(11-20(25-13)23-12-15-3-5-16(22)6-4-15)21(29)27-18-9-7-17(8-10-18)26-14(2)28/h3-11H,12H2,1-2H3,(H,26,28)(H,27,29)(H,23,24,25). The Balaban J connectivity index is 1.67. The van der Waals surface area contributed by atoms with Gasteiger partial charge in [0, 0.05) is 30.9 Å². The van der Waals surface area contributed by atoms with Crippen molar-refractivity contribution in [2.45, 2.75) is 20.4 Å². The first-order valence-electron chi connectivity index (χ1n) is 8.92. The minimum absolute atomic E-state index is 0.168. The van der Waals surface area contributed by atoms with E-state index in [1.807, 2.05) is 0 Å². The summed E-state index contributed by atoms with van der Waals surface area (Å²) in [5.74, 6) is 0.0930. The van der Waals surface area contributed by atoms with Gasteiger partial charge in [-0.05, 0) is 48.9 Å². The third-order valence-electron chi connectivity index (χ3n) is 3.92. The summed E-state index contributed by atoms with van der Waals surface area (Å²) in [5, 5.41) is 8.54. The number of nitrogens with one attached hydrogen (secondary N) is 3. The van der Waals surface area contributed by atoms with Crippen LogP contribution in [0.3, 0.4) is 0 Å². The van der Waals surface area contributed by atoms with E-state index in [0.29, 0.717) is 29.6 Å². The van der Waals surface area contributed by atoms with Crippen molar-refractivity contribution in [2.24, 2.45) is 0 Å². The molecule has 0 unspecified atom stereocenters. The van der Waals surface area contributed by atoms with Crippen molar-refractivity contribution >= 4 is 29.0 Å². The number of aryl methyl sites for hydroxylation is 1. The zero-order valence-corrected chi connectivity index (χ0v) is 16.0. The average molecular weight is 393 g/mol. The quantitative estimate of drug-likeness (QED) is 0.593. The van der Waals surface area contributed by atoms with Crippen LogP contribution in [0.5, 0.6) is 0 Å². The number of amides is 2. The molecule has 0 radical (unpaired) electrons. The molecule has 0 aliphatic rings. The van der Waals surface area contributed by atoms with E-state index in [0.717, 1.165) is 5.56 Å². The highest BCUT2D eigenvalue weighted by molar-refractivity contribution is 6.03. The van der Waals surface area contributed by atoms with E-state index in [4.69, 9.17) is 0 Å². The molecule has 1 heterocycles. The summed E-state index contributed by atoms with van der Waals surface area (Å²) >= 11 is 0. The summed E-state index contributed by atoms with van der Waals surface area (Å²) < 4.78 is 13.0. The van der Waals surface area contributed by atoms with Crippen molar-refractivity contribution in [2.75, 3.05) is 16.0 Å².